The molecule has 2 aliphatic rings. The summed E-state index contributed by atoms with van der Waals surface area (Å²) in [5.74, 6) is -1.21. The maximum atomic E-state index is 13.6. The molecule has 244 valence electrons. The molecule has 43 heavy (non-hydrogen) atoms. The molecule has 6 N–H and O–H groups in total. The lowest BCUT2D eigenvalue weighted by Crippen LogP contribution is -2.53. The summed E-state index contributed by atoms with van der Waals surface area (Å²) in [6, 6.07) is -1.02. The number of nitrogens with one attached hydrogen (secondary N) is 4. The van der Waals surface area contributed by atoms with Gasteiger partial charge in [0.15, 0.2) is 5.96 Å². The van der Waals surface area contributed by atoms with E-state index in [1.807, 2.05) is 19.0 Å². The number of carbonyl (C=O) groups excluding carboxylic acids is 4. The van der Waals surface area contributed by atoms with E-state index >= 15 is 0 Å². The van der Waals surface area contributed by atoms with E-state index in [2.05, 4.69) is 25.9 Å². The molecule has 1 aromatic rings. The summed E-state index contributed by atoms with van der Waals surface area (Å²) in [6.45, 7) is 2.66. The first kappa shape index (κ1) is 40.1. The lowest BCUT2D eigenvalue weighted by Gasteiger charge is -2.33. The second kappa shape index (κ2) is 20.1. The van der Waals surface area contributed by atoms with Crippen molar-refractivity contribution < 1.29 is 19.2 Å². The first-order chi connectivity index (χ1) is 19.1. The third-order valence-electron chi connectivity index (χ3n) is 6.96. The van der Waals surface area contributed by atoms with Crippen LogP contribution in [0.2, 0.25) is 0 Å². The van der Waals surface area contributed by atoms with Gasteiger partial charge in [0, 0.05) is 64.1 Å². The normalized spacial score (nSPS) is 16.3. The van der Waals surface area contributed by atoms with Crippen LogP contribution >= 0.6 is 37.2 Å². The number of aromatic nitrogens is 2. The predicted molar refractivity (Wildman–Crippen MR) is 170 cm³/mol. The summed E-state index contributed by atoms with van der Waals surface area (Å²) in [4.78, 5) is 64.8. The number of carbonyl (C=O) groups is 4. The van der Waals surface area contributed by atoms with Crippen molar-refractivity contribution in [2.45, 2.75) is 50.6 Å². The van der Waals surface area contributed by atoms with E-state index < -0.39 is 11.9 Å². The van der Waals surface area contributed by atoms with Crippen molar-refractivity contribution in [2.24, 2.45) is 11.7 Å². The molecular formula is C26H45Cl3N10O4. The Labute approximate surface area is 271 Å². The fourth-order valence-corrected chi connectivity index (χ4v) is 4.61. The lowest BCUT2D eigenvalue weighted by atomic mass is 9.98. The number of nitrogens with two attached hydrogens (primary N) is 1. The number of likely N-dealkylation sites (tertiary alicyclic amines) is 1. The summed E-state index contributed by atoms with van der Waals surface area (Å²) >= 11 is 0. The van der Waals surface area contributed by atoms with Crippen LogP contribution in [0.1, 0.15) is 49.0 Å². The summed E-state index contributed by atoms with van der Waals surface area (Å²) in [7, 11) is 3.71. The average molecular weight is 668 g/mol. The molecule has 2 heterocycles. The van der Waals surface area contributed by atoms with E-state index in [0.29, 0.717) is 19.6 Å². The molecule has 1 saturated carbocycles. The van der Waals surface area contributed by atoms with Gasteiger partial charge in [-0.25, -0.2) is 4.98 Å². The molecule has 0 bridgehead atoms. The standard InChI is InChI=1S/C26H42N10O4.3ClH/c1-34(2)12-7-22(37)33-20(14-23(38)32-15-18-4-3-11-35(17-18)26(27)28)25(40)36(19-5-6-19)13-10-31-24(39)21-16-29-8-9-30-21;;;/h8-9,16,18-20H,3-7,10-15,17H2,1-2H3,(H3,27,28)(H,31,39)(H,32,38)(H,33,37);3*1H/t18-,20-;;;/m0.../s1. The largest absolute Gasteiger partial charge is 0.370 e. The van der Waals surface area contributed by atoms with Crippen LogP contribution in [0.25, 0.3) is 0 Å². The van der Waals surface area contributed by atoms with Crippen LogP contribution in [0.3, 0.4) is 0 Å². The van der Waals surface area contributed by atoms with Crippen molar-refractivity contribution in [1.82, 2.24) is 40.6 Å². The van der Waals surface area contributed by atoms with Crippen molar-refractivity contribution in [3.8, 4) is 0 Å². The maximum absolute atomic E-state index is 13.6. The number of amides is 4. The Morgan fingerprint density at radius 2 is 1.79 bits per heavy atom. The van der Waals surface area contributed by atoms with E-state index in [-0.39, 0.29) is 104 Å². The van der Waals surface area contributed by atoms with Crippen LogP contribution in [0.5, 0.6) is 0 Å². The van der Waals surface area contributed by atoms with Gasteiger partial charge in [-0.3, -0.25) is 29.6 Å². The Bertz CT molecular complexity index is 1050. The molecule has 0 aromatic carbocycles. The zero-order valence-corrected chi connectivity index (χ0v) is 27.1. The van der Waals surface area contributed by atoms with Crippen LogP contribution in [0.15, 0.2) is 18.6 Å². The molecule has 14 nitrogen and oxygen atoms in total. The van der Waals surface area contributed by atoms with Gasteiger partial charge >= 0.3 is 0 Å². The van der Waals surface area contributed by atoms with Gasteiger partial charge in [0.2, 0.25) is 17.7 Å². The van der Waals surface area contributed by atoms with Gasteiger partial charge < -0.3 is 36.4 Å². The fraction of sp³-hybridized carbons (Fsp3) is 0.654. The smallest absolute Gasteiger partial charge is 0.271 e. The van der Waals surface area contributed by atoms with E-state index in [0.717, 1.165) is 32.2 Å². The molecule has 4 amide bonds. The molecule has 1 aliphatic heterocycles. The molecule has 2 fully saturated rings. The maximum Gasteiger partial charge on any atom is 0.271 e. The quantitative estimate of drug-likeness (QED) is 0.134. The zero-order chi connectivity index (χ0) is 29.1. The Kier molecular flexibility index (Phi) is 18.7. The molecule has 1 aliphatic carbocycles. The highest BCUT2D eigenvalue weighted by Crippen LogP contribution is 2.27. The number of guanidine groups is 1. The lowest BCUT2D eigenvalue weighted by molar-refractivity contribution is -0.139. The number of hydrogen-bond acceptors (Lipinski definition) is 8. The summed E-state index contributed by atoms with van der Waals surface area (Å²) < 4.78 is 0. The van der Waals surface area contributed by atoms with Gasteiger partial charge in [-0.05, 0) is 45.7 Å². The predicted octanol–water partition coefficient (Wildman–Crippen LogP) is 0.0111. The molecule has 1 aromatic heterocycles. The number of piperidine rings is 1. The first-order valence-electron chi connectivity index (χ1n) is 13.8. The van der Waals surface area contributed by atoms with Gasteiger partial charge in [0.25, 0.3) is 5.91 Å². The number of halogens is 3. The van der Waals surface area contributed by atoms with Crippen LogP contribution in [0, 0.1) is 11.3 Å². The monoisotopic (exact) mass is 666 g/mol. The highest BCUT2D eigenvalue weighted by molar-refractivity contribution is 5.93. The molecular weight excluding hydrogens is 623 g/mol. The second-order valence-electron chi connectivity index (χ2n) is 10.6. The van der Waals surface area contributed by atoms with Crippen molar-refractivity contribution in [3.63, 3.8) is 0 Å². The van der Waals surface area contributed by atoms with Crippen LogP contribution in [-0.2, 0) is 14.4 Å². The Morgan fingerprint density at radius 3 is 2.40 bits per heavy atom. The van der Waals surface area contributed by atoms with Crippen molar-refractivity contribution in [3.05, 3.63) is 24.3 Å². The number of hydrogen-bond donors (Lipinski definition) is 5. The Morgan fingerprint density at radius 1 is 1.07 bits per heavy atom. The minimum Gasteiger partial charge on any atom is -0.370 e. The molecule has 1 saturated heterocycles. The highest BCUT2D eigenvalue weighted by atomic mass is 35.5. The van der Waals surface area contributed by atoms with Gasteiger partial charge in [0.05, 0.1) is 12.6 Å². The van der Waals surface area contributed by atoms with Gasteiger partial charge in [0.1, 0.15) is 11.7 Å². The van der Waals surface area contributed by atoms with E-state index in [1.54, 1.807) is 9.80 Å². The zero-order valence-electron chi connectivity index (χ0n) is 24.6. The Hall–Kier alpha value is -2.94. The van der Waals surface area contributed by atoms with Crippen molar-refractivity contribution >= 4 is 66.8 Å². The average Bonchev–Trinajstić information content (AvgIpc) is 3.78. The summed E-state index contributed by atoms with van der Waals surface area (Å²) in [5, 5.41) is 16.1. The fourth-order valence-electron chi connectivity index (χ4n) is 4.61. The van der Waals surface area contributed by atoms with Crippen molar-refractivity contribution in [2.75, 3.05) is 53.4 Å². The molecule has 17 heteroatoms. The van der Waals surface area contributed by atoms with E-state index in [9.17, 15) is 19.2 Å². The molecule has 0 unspecified atom stereocenters. The Balaban J connectivity index is 0.00000588. The second-order valence-corrected chi connectivity index (χ2v) is 10.6. The van der Waals surface area contributed by atoms with Gasteiger partial charge in [-0.15, -0.1) is 37.2 Å². The van der Waals surface area contributed by atoms with Crippen molar-refractivity contribution in [1.29, 1.82) is 5.41 Å². The third kappa shape index (κ3) is 13.9. The summed E-state index contributed by atoms with van der Waals surface area (Å²) in [5.41, 5.74) is 5.80. The molecule has 0 spiro atoms. The minimum atomic E-state index is -1.02. The van der Waals surface area contributed by atoms with E-state index in [1.165, 1.54) is 18.6 Å². The SMILES string of the molecule is CN(C)CCC(=O)N[C@@H](CC(=O)NC[C@@H]1CCCN(C(=N)N)C1)C(=O)N(CCNC(=O)c1cnccn1)C1CC1.Cl.Cl.Cl. The third-order valence-corrected chi connectivity index (χ3v) is 6.96. The first-order valence-corrected chi connectivity index (χ1v) is 13.8. The van der Waals surface area contributed by atoms with Gasteiger partial charge in [-0.1, -0.05) is 0 Å². The minimum absolute atomic E-state index is 0. The molecule has 3 rings (SSSR count). The highest BCUT2D eigenvalue weighted by Gasteiger charge is 2.37. The van der Waals surface area contributed by atoms with Crippen LogP contribution in [-0.4, -0.2) is 120 Å². The van der Waals surface area contributed by atoms with Gasteiger partial charge in [-0.2, -0.15) is 0 Å². The molecule has 2 atom stereocenters. The molecule has 0 radical (unpaired) electrons. The summed E-state index contributed by atoms with van der Waals surface area (Å²) in [6.07, 6.45) is 7.71. The van der Waals surface area contributed by atoms with Crippen LogP contribution in [0.4, 0.5) is 0 Å². The number of nitrogens with zero attached hydrogens (tertiary/aromatic N) is 5. The van der Waals surface area contributed by atoms with Crippen LogP contribution < -0.4 is 21.7 Å². The topological polar surface area (TPSA) is 190 Å². The van der Waals surface area contributed by atoms with E-state index in [4.69, 9.17) is 11.1 Å². The number of rotatable bonds is 14.